The molecule has 1 aromatic heterocycles. The van der Waals surface area contributed by atoms with Crippen molar-refractivity contribution in [3.8, 4) is 11.5 Å². The van der Waals surface area contributed by atoms with E-state index in [1.165, 1.54) is 41.8 Å². The SMILES string of the molecule is C=CC(=O)OCCCCCCOC(=O)/C=C/c1ccc(C(=O)Oc2ccc(OC(=O)c3ccc(C=C)cc3)c(/C=N/Nc3nc4ccccc4s3)c2)cc1. The fourth-order valence-electron chi connectivity index (χ4n) is 4.85. The second-order valence-corrected chi connectivity index (χ2v) is 12.6. The predicted octanol–water partition coefficient (Wildman–Crippen LogP) is 8.67. The predicted molar refractivity (Wildman–Crippen MR) is 210 cm³/mol. The molecule has 274 valence electrons. The summed E-state index contributed by atoms with van der Waals surface area (Å²) < 4.78 is 22.5. The number of anilines is 1. The molecule has 1 N–H and O–H groups in total. The highest BCUT2D eigenvalue weighted by molar-refractivity contribution is 7.22. The Labute approximate surface area is 316 Å². The summed E-state index contributed by atoms with van der Waals surface area (Å²) in [6.07, 6.45) is 10.3. The van der Waals surface area contributed by atoms with E-state index in [0.717, 1.165) is 41.1 Å². The summed E-state index contributed by atoms with van der Waals surface area (Å²) in [7, 11) is 0. The van der Waals surface area contributed by atoms with Gasteiger partial charge in [0.1, 0.15) is 11.5 Å². The number of fused-ring (bicyclic) bond motifs is 1. The molecule has 0 aliphatic rings. The van der Waals surface area contributed by atoms with Crippen LogP contribution in [0.3, 0.4) is 0 Å². The van der Waals surface area contributed by atoms with E-state index in [0.29, 0.717) is 34.8 Å². The van der Waals surface area contributed by atoms with E-state index >= 15 is 0 Å². The van der Waals surface area contributed by atoms with Crippen LogP contribution in [0.25, 0.3) is 22.4 Å². The maximum absolute atomic E-state index is 13.1. The van der Waals surface area contributed by atoms with Crippen LogP contribution < -0.4 is 14.9 Å². The van der Waals surface area contributed by atoms with Gasteiger partial charge in [-0.25, -0.2) is 24.2 Å². The Kier molecular flexibility index (Phi) is 14.2. The molecular weight excluding hydrogens is 707 g/mol. The number of carbonyl (C=O) groups is 4. The van der Waals surface area contributed by atoms with Gasteiger partial charge < -0.3 is 18.9 Å². The van der Waals surface area contributed by atoms with Gasteiger partial charge in [0.2, 0.25) is 5.13 Å². The second kappa shape index (κ2) is 19.8. The van der Waals surface area contributed by atoms with Crippen molar-refractivity contribution in [3.63, 3.8) is 0 Å². The Bertz CT molecular complexity index is 2140. The number of aromatic nitrogens is 1. The minimum absolute atomic E-state index is 0.194. The van der Waals surface area contributed by atoms with E-state index in [-0.39, 0.29) is 23.7 Å². The Morgan fingerprint density at radius 1 is 0.741 bits per heavy atom. The highest BCUT2D eigenvalue weighted by Crippen LogP contribution is 2.27. The topological polar surface area (TPSA) is 142 Å². The maximum atomic E-state index is 13.1. The van der Waals surface area contributed by atoms with Crippen molar-refractivity contribution >= 4 is 68.9 Å². The van der Waals surface area contributed by atoms with Crippen molar-refractivity contribution in [2.24, 2.45) is 5.10 Å². The van der Waals surface area contributed by atoms with Gasteiger partial charge in [0, 0.05) is 17.7 Å². The van der Waals surface area contributed by atoms with Gasteiger partial charge in [-0.1, -0.05) is 67.0 Å². The second-order valence-electron chi connectivity index (χ2n) is 11.6. The third kappa shape index (κ3) is 11.7. The van der Waals surface area contributed by atoms with Gasteiger partial charge in [0.25, 0.3) is 0 Å². The lowest BCUT2D eigenvalue weighted by Gasteiger charge is -2.10. The van der Waals surface area contributed by atoms with Crippen LogP contribution in [0.15, 0.2) is 121 Å². The molecule has 4 aromatic carbocycles. The third-order valence-corrected chi connectivity index (χ3v) is 8.63. The minimum Gasteiger partial charge on any atom is -0.463 e. The van der Waals surface area contributed by atoms with Crippen LogP contribution in [-0.2, 0) is 19.1 Å². The average Bonchev–Trinajstić information content (AvgIpc) is 3.62. The number of hydrogen-bond acceptors (Lipinski definition) is 12. The lowest BCUT2D eigenvalue weighted by atomic mass is 10.1. The molecule has 0 aliphatic heterocycles. The van der Waals surface area contributed by atoms with Crippen LogP contribution in [0, 0.1) is 0 Å². The smallest absolute Gasteiger partial charge is 0.343 e. The van der Waals surface area contributed by atoms with Gasteiger partial charge in [-0.3, -0.25) is 5.43 Å². The zero-order chi connectivity index (χ0) is 38.1. The quantitative estimate of drug-likeness (QED) is 0.0231. The Balaban J connectivity index is 1.18. The van der Waals surface area contributed by atoms with Gasteiger partial charge in [0.05, 0.1) is 40.8 Å². The lowest BCUT2D eigenvalue weighted by Crippen LogP contribution is -2.11. The first kappa shape index (κ1) is 38.6. The number of ether oxygens (including phenoxy) is 4. The number of para-hydroxylation sites is 1. The molecule has 0 aliphatic carbocycles. The van der Waals surface area contributed by atoms with Gasteiger partial charge >= 0.3 is 23.9 Å². The maximum Gasteiger partial charge on any atom is 0.343 e. The van der Waals surface area contributed by atoms with Gasteiger partial charge in [-0.05, 0) is 97.5 Å². The van der Waals surface area contributed by atoms with Crippen LogP contribution >= 0.6 is 11.3 Å². The monoisotopic (exact) mass is 743 g/mol. The summed E-state index contributed by atoms with van der Waals surface area (Å²) in [5.74, 6) is -1.73. The number of benzene rings is 4. The van der Waals surface area contributed by atoms with Crippen molar-refractivity contribution in [3.05, 3.63) is 144 Å². The molecule has 0 saturated carbocycles. The summed E-state index contributed by atoms with van der Waals surface area (Å²) in [5, 5.41) is 4.87. The summed E-state index contributed by atoms with van der Waals surface area (Å²) >= 11 is 1.43. The molecule has 5 rings (SSSR count). The van der Waals surface area contributed by atoms with E-state index in [1.807, 2.05) is 24.3 Å². The van der Waals surface area contributed by atoms with Crippen molar-refractivity contribution < 1.29 is 38.1 Å². The Morgan fingerprint density at radius 3 is 2.06 bits per heavy atom. The fraction of sp³-hybridized carbons (Fsp3) is 0.143. The molecule has 0 fully saturated rings. The van der Waals surface area contributed by atoms with Crippen LogP contribution in [0.1, 0.15) is 63.1 Å². The fourth-order valence-corrected chi connectivity index (χ4v) is 5.66. The number of unbranched alkanes of at least 4 members (excludes halogenated alkanes) is 3. The molecule has 11 nitrogen and oxygen atoms in total. The highest BCUT2D eigenvalue weighted by Gasteiger charge is 2.15. The van der Waals surface area contributed by atoms with Crippen LogP contribution in [-0.4, -0.2) is 48.3 Å². The molecule has 54 heavy (non-hydrogen) atoms. The first-order valence-corrected chi connectivity index (χ1v) is 17.8. The minimum atomic E-state index is -0.619. The van der Waals surface area contributed by atoms with Crippen LogP contribution in [0.2, 0.25) is 0 Å². The normalized spacial score (nSPS) is 11.0. The zero-order valence-corrected chi connectivity index (χ0v) is 30.1. The van der Waals surface area contributed by atoms with E-state index in [4.69, 9.17) is 18.9 Å². The summed E-state index contributed by atoms with van der Waals surface area (Å²) in [4.78, 5) is 53.7. The number of nitrogens with zero attached hydrogens (tertiary/aromatic N) is 2. The molecule has 0 saturated heterocycles. The number of nitrogens with one attached hydrogen (secondary N) is 1. The molecule has 0 unspecified atom stereocenters. The van der Waals surface area contributed by atoms with Gasteiger partial charge in [-0.2, -0.15) is 5.10 Å². The van der Waals surface area contributed by atoms with Crippen molar-refractivity contribution in [2.45, 2.75) is 25.7 Å². The molecule has 0 amide bonds. The number of hydrazone groups is 1. The highest BCUT2D eigenvalue weighted by atomic mass is 32.1. The number of carbonyl (C=O) groups excluding carboxylic acids is 4. The lowest BCUT2D eigenvalue weighted by molar-refractivity contribution is -0.139. The van der Waals surface area contributed by atoms with Crippen molar-refractivity contribution in [1.82, 2.24) is 4.98 Å². The molecular formula is C42H37N3O8S. The number of esters is 4. The zero-order valence-electron chi connectivity index (χ0n) is 29.3. The number of thiazole rings is 1. The largest absolute Gasteiger partial charge is 0.463 e. The van der Waals surface area contributed by atoms with Gasteiger partial charge in [0.15, 0.2) is 0 Å². The van der Waals surface area contributed by atoms with E-state index in [2.05, 4.69) is 28.7 Å². The molecule has 0 spiro atoms. The van der Waals surface area contributed by atoms with E-state index < -0.39 is 23.9 Å². The average molecular weight is 744 g/mol. The van der Waals surface area contributed by atoms with Crippen molar-refractivity contribution in [2.75, 3.05) is 18.6 Å². The van der Waals surface area contributed by atoms with Gasteiger partial charge in [-0.15, -0.1) is 0 Å². The molecule has 5 aromatic rings. The van der Waals surface area contributed by atoms with Crippen LogP contribution in [0.5, 0.6) is 11.5 Å². The van der Waals surface area contributed by atoms with Crippen LogP contribution in [0.4, 0.5) is 5.13 Å². The summed E-state index contributed by atoms with van der Waals surface area (Å²) in [6, 6.07) is 25.6. The van der Waals surface area contributed by atoms with Crippen molar-refractivity contribution in [1.29, 1.82) is 0 Å². The van der Waals surface area contributed by atoms with E-state index in [1.54, 1.807) is 60.7 Å². The summed E-state index contributed by atoms with van der Waals surface area (Å²) in [6.45, 7) is 7.70. The third-order valence-electron chi connectivity index (χ3n) is 7.69. The first-order valence-electron chi connectivity index (χ1n) is 17.0. The Morgan fingerprint density at radius 2 is 1.39 bits per heavy atom. The molecule has 0 radical (unpaired) electrons. The number of hydrogen-bond donors (Lipinski definition) is 1. The first-order chi connectivity index (χ1) is 26.3. The molecule has 0 bridgehead atoms. The number of rotatable bonds is 18. The van der Waals surface area contributed by atoms with E-state index in [9.17, 15) is 19.2 Å². The molecule has 0 atom stereocenters. The molecule has 12 heteroatoms. The molecule has 1 heterocycles. The Hall–Kier alpha value is -6.66. The standard InChI is InChI=1S/C42H37N3O8S/c1-3-29-13-18-32(19-14-29)41(49)53-36-23-22-34(27-33(36)28-43-45-42-44-35-11-7-8-12-37(35)54-42)52-40(48)31-20-15-30(16-21-31)17-24-39(47)51-26-10-6-5-9-25-50-38(46)4-2/h3-4,7-8,11-24,27-28H,1-2,5-6,9-10,25-26H2,(H,44,45)/b24-17+,43-28+. The summed E-state index contributed by atoms with van der Waals surface area (Å²) in [5.41, 5.74) is 6.27.